The van der Waals surface area contributed by atoms with Crippen LogP contribution in [0.15, 0.2) is 30.3 Å². The molecule has 19 heavy (non-hydrogen) atoms. The predicted octanol–water partition coefficient (Wildman–Crippen LogP) is 6.44. The van der Waals surface area contributed by atoms with Crippen LogP contribution in [0.5, 0.6) is 0 Å². The van der Waals surface area contributed by atoms with Crippen LogP contribution >= 0.6 is 15.3 Å². The van der Waals surface area contributed by atoms with Gasteiger partial charge in [0.05, 0.1) is 0 Å². The maximum Gasteiger partial charge on any atom is 0.143 e. The molecule has 1 aromatic carbocycles. The van der Waals surface area contributed by atoms with Crippen molar-refractivity contribution < 1.29 is 0 Å². The Labute approximate surface area is 128 Å². The van der Waals surface area contributed by atoms with E-state index in [1.807, 2.05) is 0 Å². The first-order valence-electron chi connectivity index (χ1n) is 7.53. The first-order chi connectivity index (χ1) is 8.79. The van der Waals surface area contributed by atoms with Crippen molar-refractivity contribution in [2.45, 2.75) is 70.5 Å². The number of halogens is 1. The molecule has 0 saturated carbocycles. The lowest BCUT2D eigenvalue weighted by Crippen LogP contribution is -2.54. The number of benzene rings is 1. The van der Waals surface area contributed by atoms with Crippen molar-refractivity contribution in [1.82, 2.24) is 0 Å². The van der Waals surface area contributed by atoms with Gasteiger partial charge in [-0.05, 0) is 15.6 Å². The largest absolute Gasteiger partial charge is 0.143 e. The smallest absolute Gasteiger partial charge is 0.125 e. The van der Waals surface area contributed by atoms with Crippen LogP contribution in [0.1, 0.15) is 59.4 Å². The van der Waals surface area contributed by atoms with Crippen molar-refractivity contribution in [1.29, 1.82) is 0 Å². The Morgan fingerprint density at radius 3 is 1.74 bits per heavy atom. The highest BCUT2D eigenvalue weighted by Crippen LogP contribution is 2.58. The Bertz CT molecular complexity index is 383. The quantitative estimate of drug-likeness (QED) is 0.412. The van der Waals surface area contributed by atoms with Crippen LogP contribution in [0.25, 0.3) is 0 Å². The highest BCUT2D eigenvalue weighted by molar-refractivity contribution is 9.26. The number of hydrogen-bond acceptors (Lipinski definition) is 0. The van der Waals surface area contributed by atoms with Crippen LogP contribution in [0.4, 0.5) is 0 Å². The Hall–Kier alpha value is -0.0831. The lowest BCUT2D eigenvalue weighted by Gasteiger charge is -2.51. The number of rotatable bonds is 6. The maximum atomic E-state index is 4.28. The second-order valence-electron chi connectivity index (χ2n) is 6.33. The maximum absolute atomic E-state index is 4.28. The van der Waals surface area contributed by atoms with Crippen LogP contribution in [-0.2, 0) is 5.04 Å². The van der Waals surface area contributed by atoms with Gasteiger partial charge in [0.25, 0.3) is 0 Å². The first-order valence-corrected chi connectivity index (χ1v) is 12.3. The fraction of sp³-hybridized carbons (Fsp3) is 0.647. The fourth-order valence-electron chi connectivity index (χ4n) is 3.53. The summed E-state index contributed by atoms with van der Waals surface area (Å²) in [6.07, 6.45) is 3.80. The summed E-state index contributed by atoms with van der Waals surface area (Å²) in [5.41, 5.74) is 1.47. The molecule has 0 bridgehead atoms. The topological polar surface area (TPSA) is 0 Å². The van der Waals surface area contributed by atoms with Crippen LogP contribution in [0, 0.1) is 0 Å². The molecule has 0 aliphatic rings. The van der Waals surface area contributed by atoms with E-state index in [0.717, 1.165) is 0 Å². The van der Waals surface area contributed by atoms with Crippen molar-refractivity contribution in [3.63, 3.8) is 0 Å². The van der Waals surface area contributed by atoms with Crippen LogP contribution in [-0.4, -0.2) is 6.69 Å². The second-order valence-corrected chi connectivity index (χ2v) is 15.4. The molecule has 0 fully saturated rings. The van der Waals surface area contributed by atoms with E-state index in [9.17, 15) is 0 Å². The molecule has 0 aliphatic heterocycles. The molecule has 2 heteroatoms. The van der Waals surface area contributed by atoms with E-state index < -0.39 is 6.69 Å². The average molecular weight is 341 g/mol. The van der Waals surface area contributed by atoms with Gasteiger partial charge in [-0.3, -0.25) is 0 Å². The standard InChI is InChI=1S/C17H29BrSi/c1-7-17(8-2,9-3)19(6,18)16(4,5)15-13-11-10-12-14-15/h10-14H,7-9H2,1-6H3. The highest BCUT2D eigenvalue weighted by atomic mass is 79.9. The summed E-state index contributed by atoms with van der Waals surface area (Å²) in [5, 5.41) is 0.697. The monoisotopic (exact) mass is 340 g/mol. The summed E-state index contributed by atoms with van der Waals surface area (Å²) in [6.45, 7) is 12.8. The zero-order valence-electron chi connectivity index (χ0n) is 13.4. The molecular weight excluding hydrogens is 312 g/mol. The van der Waals surface area contributed by atoms with Gasteiger partial charge in [0.1, 0.15) is 6.69 Å². The minimum atomic E-state index is -1.64. The zero-order chi connectivity index (χ0) is 14.7. The van der Waals surface area contributed by atoms with Crippen molar-refractivity contribution in [2.75, 3.05) is 0 Å². The summed E-state index contributed by atoms with van der Waals surface area (Å²) in [5.74, 6) is 0. The van der Waals surface area contributed by atoms with Gasteiger partial charge < -0.3 is 0 Å². The van der Waals surface area contributed by atoms with E-state index in [1.54, 1.807) is 0 Å². The molecule has 0 nitrogen and oxygen atoms in total. The molecular formula is C17H29BrSi. The van der Waals surface area contributed by atoms with Gasteiger partial charge in [-0.1, -0.05) is 90.8 Å². The normalized spacial score (nSPS) is 16.2. The Morgan fingerprint density at radius 1 is 0.947 bits per heavy atom. The third kappa shape index (κ3) is 2.71. The SMILES string of the molecule is CCC(CC)(CC)[Si](C)(Br)C(C)(C)c1ccccc1. The molecule has 0 spiro atoms. The lowest BCUT2D eigenvalue weighted by molar-refractivity contribution is 0.463. The summed E-state index contributed by atoms with van der Waals surface area (Å²) in [7, 11) is 0. The van der Waals surface area contributed by atoms with Gasteiger partial charge >= 0.3 is 0 Å². The zero-order valence-corrected chi connectivity index (χ0v) is 16.0. The molecule has 0 heterocycles. The van der Waals surface area contributed by atoms with Crippen molar-refractivity contribution >= 4 is 22.0 Å². The van der Waals surface area contributed by atoms with Crippen LogP contribution in [0.2, 0.25) is 11.6 Å². The van der Waals surface area contributed by atoms with Gasteiger partial charge in [-0.25, -0.2) is 0 Å². The van der Waals surface area contributed by atoms with E-state index in [4.69, 9.17) is 0 Å². The lowest BCUT2D eigenvalue weighted by atomic mass is 9.98. The molecule has 0 amide bonds. The van der Waals surface area contributed by atoms with E-state index in [-0.39, 0.29) is 5.04 Å². The van der Waals surface area contributed by atoms with Gasteiger partial charge in [0, 0.05) is 0 Å². The van der Waals surface area contributed by atoms with E-state index in [2.05, 4.69) is 86.8 Å². The average Bonchev–Trinajstić information content (AvgIpc) is 2.42. The summed E-state index contributed by atoms with van der Waals surface area (Å²) in [4.78, 5) is 0. The second kappa shape index (κ2) is 6.13. The summed E-state index contributed by atoms with van der Waals surface area (Å²) >= 11 is 4.28. The molecule has 0 saturated heterocycles. The molecule has 0 N–H and O–H groups in total. The Morgan fingerprint density at radius 2 is 1.37 bits per heavy atom. The van der Waals surface area contributed by atoms with Crippen LogP contribution < -0.4 is 0 Å². The van der Waals surface area contributed by atoms with Crippen molar-refractivity contribution in [2.24, 2.45) is 0 Å². The summed E-state index contributed by atoms with van der Waals surface area (Å²) < 4.78 is 0. The fourth-order valence-corrected chi connectivity index (χ4v) is 10.8. The van der Waals surface area contributed by atoms with Crippen molar-refractivity contribution in [3.05, 3.63) is 35.9 Å². The summed E-state index contributed by atoms with van der Waals surface area (Å²) in [6, 6.07) is 11.0. The first kappa shape index (κ1) is 17.0. The van der Waals surface area contributed by atoms with Crippen molar-refractivity contribution in [3.8, 4) is 0 Å². The van der Waals surface area contributed by atoms with E-state index in [0.29, 0.717) is 5.04 Å². The molecule has 0 aromatic heterocycles. The third-order valence-corrected chi connectivity index (χ3v) is 16.9. The minimum Gasteiger partial charge on any atom is -0.125 e. The molecule has 0 radical (unpaired) electrons. The minimum absolute atomic E-state index is 0.232. The van der Waals surface area contributed by atoms with Gasteiger partial charge in [0.2, 0.25) is 0 Å². The Balaban J connectivity index is 3.31. The third-order valence-electron chi connectivity index (χ3n) is 5.70. The molecule has 0 aliphatic carbocycles. The molecule has 1 unspecified atom stereocenters. The molecule has 108 valence electrons. The van der Waals surface area contributed by atoms with Gasteiger partial charge in [-0.2, -0.15) is 0 Å². The Kier molecular flexibility index (Phi) is 5.48. The molecule has 1 aromatic rings. The predicted molar refractivity (Wildman–Crippen MR) is 93.6 cm³/mol. The van der Waals surface area contributed by atoms with E-state index >= 15 is 0 Å². The van der Waals surface area contributed by atoms with E-state index in [1.165, 1.54) is 24.8 Å². The highest BCUT2D eigenvalue weighted by Gasteiger charge is 2.54. The van der Waals surface area contributed by atoms with Gasteiger partial charge in [-0.15, -0.1) is 15.3 Å². The molecule has 1 atom stereocenters. The molecule has 1 rings (SSSR count). The number of hydrogen-bond donors (Lipinski definition) is 0. The van der Waals surface area contributed by atoms with Crippen LogP contribution in [0.3, 0.4) is 0 Å². The van der Waals surface area contributed by atoms with Gasteiger partial charge in [0.15, 0.2) is 0 Å².